The molecule has 3 heteroatoms. The first-order valence-electron chi connectivity index (χ1n) is 7.81. The first-order chi connectivity index (χ1) is 9.74. The van der Waals surface area contributed by atoms with Crippen molar-refractivity contribution in [1.29, 1.82) is 0 Å². The number of nitrogens with one attached hydrogen (secondary N) is 1. The van der Waals surface area contributed by atoms with E-state index >= 15 is 0 Å². The Morgan fingerprint density at radius 1 is 1.19 bits per heavy atom. The molecule has 0 spiro atoms. The van der Waals surface area contributed by atoms with Crippen molar-refractivity contribution in [3.63, 3.8) is 0 Å². The van der Waals surface area contributed by atoms with Crippen molar-refractivity contribution < 1.29 is 9.53 Å². The van der Waals surface area contributed by atoms with Gasteiger partial charge in [0.25, 0.3) is 5.91 Å². The van der Waals surface area contributed by atoms with Crippen LogP contribution in [0.25, 0.3) is 0 Å². The minimum absolute atomic E-state index is 0.0594. The molecule has 0 saturated heterocycles. The lowest BCUT2D eigenvalue weighted by atomic mass is 9.87. The zero-order valence-corrected chi connectivity index (χ0v) is 14.2. The van der Waals surface area contributed by atoms with Gasteiger partial charge in [-0.15, -0.1) is 0 Å². The third-order valence-corrected chi connectivity index (χ3v) is 3.51. The highest BCUT2D eigenvalue weighted by Crippen LogP contribution is 2.24. The van der Waals surface area contributed by atoms with Crippen LogP contribution in [0.15, 0.2) is 24.3 Å². The number of ether oxygens (including phenoxy) is 1. The molecule has 0 fully saturated rings. The topological polar surface area (TPSA) is 38.3 Å². The van der Waals surface area contributed by atoms with E-state index in [4.69, 9.17) is 4.74 Å². The molecule has 0 bridgehead atoms. The average Bonchev–Trinajstić information content (AvgIpc) is 2.38. The SMILES string of the molecule is CCCC(C)NC(=O)C(C)Oc1ccc(C(C)(C)C)cc1. The number of benzene rings is 1. The van der Waals surface area contributed by atoms with Gasteiger partial charge in [0, 0.05) is 6.04 Å². The lowest BCUT2D eigenvalue weighted by Gasteiger charge is -2.21. The zero-order chi connectivity index (χ0) is 16.0. The number of hydrogen-bond acceptors (Lipinski definition) is 2. The fourth-order valence-corrected chi connectivity index (χ4v) is 2.16. The number of hydrogen-bond donors (Lipinski definition) is 1. The van der Waals surface area contributed by atoms with Crippen molar-refractivity contribution in [1.82, 2.24) is 5.32 Å². The summed E-state index contributed by atoms with van der Waals surface area (Å²) in [6.07, 6.45) is 1.56. The van der Waals surface area contributed by atoms with Crippen molar-refractivity contribution in [2.75, 3.05) is 0 Å². The van der Waals surface area contributed by atoms with E-state index in [0.717, 1.165) is 18.6 Å². The lowest BCUT2D eigenvalue weighted by molar-refractivity contribution is -0.127. The Morgan fingerprint density at radius 2 is 1.76 bits per heavy atom. The van der Waals surface area contributed by atoms with Gasteiger partial charge in [0.15, 0.2) is 6.10 Å². The summed E-state index contributed by atoms with van der Waals surface area (Å²) < 4.78 is 5.71. The van der Waals surface area contributed by atoms with Gasteiger partial charge in [0.05, 0.1) is 0 Å². The highest BCUT2D eigenvalue weighted by molar-refractivity contribution is 5.80. The fourth-order valence-electron chi connectivity index (χ4n) is 2.16. The standard InChI is InChI=1S/C18H29NO2/c1-7-8-13(2)19-17(20)14(3)21-16-11-9-15(10-12-16)18(4,5)6/h9-14H,7-8H2,1-6H3,(H,19,20). The third-order valence-electron chi connectivity index (χ3n) is 3.51. The Kier molecular flexibility index (Phi) is 6.25. The summed E-state index contributed by atoms with van der Waals surface area (Å²) >= 11 is 0. The second-order valence-corrected chi connectivity index (χ2v) is 6.73. The molecule has 1 amide bonds. The van der Waals surface area contributed by atoms with E-state index < -0.39 is 6.10 Å². The Balaban J connectivity index is 2.58. The van der Waals surface area contributed by atoms with Gasteiger partial charge in [-0.05, 0) is 43.4 Å². The molecule has 1 N–H and O–H groups in total. The third kappa shape index (κ3) is 5.78. The molecule has 2 atom stereocenters. The minimum atomic E-state index is -0.482. The van der Waals surface area contributed by atoms with E-state index in [-0.39, 0.29) is 17.4 Å². The molecule has 3 nitrogen and oxygen atoms in total. The highest BCUT2D eigenvalue weighted by Gasteiger charge is 2.17. The molecule has 2 unspecified atom stereocenters. The quantitative estimate of drug-likeness (QED) is 0.858. The maximum Gasteiger partial charge on any atom is 0.260 e. The van der Waals surface area contributed by atoms with E-state index in [0.29, 0.717) is 0 Å². The van der Waals surface area contributed by atoms with Gasteiger partial charge in [0.2, 0.25) is 0 Å². The molecular formula is C18H29NO2. The Bertz CT molecular complexity index is 445. The summed E-state index contributed by atoms with van der Waals surface area (Å²) in [5, 5.41) is 2.97. The molecule has 0 aliphatic rings. The van der Waals surface area contributed by atoms with Crippen LogP contribution >= 0.6 is 0 Å². The lowest BCUT2D eigenvalue weighted by Crippen LogP contribution is -2.41. The second-order valence-electron chi connectivity index (χ2n) is 6.73. The van der Waals surface area contributed by atoms with Crippen LogP contribution in [0.2, 0.25) is 0 Å². The van der Waals surface area contributed by atoms with Gasteiger partial charge in [-0.3, -0.25) is 4.79 Å². The average molecular weight is 291 g/mol. The fraction of sp³-hybridized carbons (Fsp3) is 0.611. The van der Waals surface area contributed by atoms with E-state index in [1.807, 2.05) is 19.1 Å². The summed E-state index contributed by atoms with van der Waals surface area (Å²) in [4.78, 5) is 12.0. The molecule has 0 aliphatic heterocycles. The van der Waals surface area contributed by atoms with Crippen LogP contribution in [0, 0.1) is 0 Å². The molecule has 1 aromatic carbocycles. The highest BCUT2D eigenvalue weighted by atomic mass is 16.5. The maximum atomic E-state index is 12.0. The first kappa shape index (κ1) is 17.5. The molecule has 0 aromatic heterocycles. The van der Waals surface area contributed by atoms with Crippen LogP contribution in [-0.2, 0) is 10.2 Å². The van der Waals surface area contributed by atoms with Crippen LogP contribution in [0.1, 0.15) is 59.9 Å². The van der Waals surface area contributed by atoms with Gasteiger partial charge >= 0.3 is 0 Å². The monoisotopic (exact) mass is 291 g/mol. The molecule has 0 radical (unpaired) electrons. The first-order valence-corrected chi connectivity index (χ1v) is 7.81. The summed E-state index contributed by atoms with van der Waals surface area (Å²) in [6.45, 7) is 12.4. The Labute approximate surface area is 129 Å². The summed E-state index contributed by atoms with van der Waals surface area (Å²) in [5.74, 6) is 0.671. The van der Waals surface area contributed by atoms with Gasteiger partial charge in [0.1, 0.15) is 5.75 Å². The maximum absolute atomic E-state index is 12.0. The Hall–Kier alpha value is -1.51. The van der Waals surface area contributed by atoms with E-state index in [1.54, 1.807) is 6.92 Å². The van der Waals surface area contributed by atoms with Crippen molar-refractivity contribution in [2.24, 2.45) is 0 Å². The number of rotatable bonds is 6. The summed E-state index contributed by atoms with van der Waals surface area (Å²) in [5.41, 5.74) is 1.38. The van der Waals surface area contributed by atoms with Crippen molar-refractivity contribution in [3.05, 3.63) is 29.8 Å². The van der Waals surface area contributed by atoms with Crippen molar-refractivity contribution in [3.8, 4) is 5.75 Å². The van der Waals surface area contributed by atoms with Gasteiger partial charge < -0.3 is 10.1 Å². The van der Waals surface area contributed by atoms with Gasteiger partial charge in [-0.2, -0.15) is 0 Å². The van der Waals surface area contributed by atoms with Crippen molar-refractivity contribution >= 4 is 5.91 Å². The van der Waals surface area contributed by atoms with E-state index in [1.165, 1.54) is 5.56 Å². The molecule has 21 heavy (non-hydrogen) atoms. The van der Waals surface area contributed by atoms with Crippen LogP contribution in [-0.4, -0.2) is 18.1 Å². The Morgan fingerprint density at radius 3 is 2.24 bits per heavy atom. The van der Waals surface area contributed by atoms with Crippen molar-refractivity contribution in [2.45, 2.75) is 71.9 Å². The zero-order valence-electron chi connectivity index (χ0n) is 14.2. The predicted molar refractivity (Wildman–Crippen MR) is 87.7 cm³/mol. The minimum Gasteiger partial charge on any atom is -0.481 e. The number of carbonyl (C=O) groups is 1. The van der Waals surface area contributed by atoms with E-state index in [9.17, 15) is 4.79 Å². The van der Waals surface area contributed by atoms with Crippen LogP contribution in [0.3, 0.4) is 0 Å². The molecule has 0 saturated carbocycles. The molecule has 1 aromatic rings. The molecule has 1 rings (SSSR count). The second kappa shape index (κ2) is 7.48. The van der Waals surface area contributed by atoms with Gasteiger partial charge in [-0.25, -0.2) is 0 Å². The van der Waals surface area contributed by atoms with Crippen LogP contribution < -0.4 is 10.1 Å². The number of carbonyl (C=O) groups excluding carboxylic acids is 1. The molecule has 0 aliphatic carbocycles. The predicted octanol–water partition coefficient (Wildman–Crippen LogP) is 4.06. The summed E-state index contributed by atoms with van der Waals surface area (Å²) in [7, 11) is 0. The molecule has 118 valence electrons. The van der Waals surface area contributed by atoms with Crippen LogP contribution in [0.5, 0.6) is 5.75 Å². The smallest absolute Gasteiger partial charge is 0.260 e. The normalized spacial score (nSPS) is 14.4. The van der Waals surface area contributed by atoms with Gasteiger partial charge in [-0.1, -0.05) is 46.2 Å². The number of amides is 1. The van der Waals surface area contributed by atoms with Crippen LogP contribution in [0.4, 0.5) is 0 Å². The molecular weight excluding hydrogens is 262 g/mol. The summed E-state index contributed by atoms with van der Waals surface area (Å²) in [6, 6.07) is 8.16. The molecule has 0 heterocycles. The van der Waals surface area contributed by atoms with E-state index in [2.05, 4.69) is 45.1 Å². The largest absolute Gasteiger partial charge is 0.481 e.